The Balaban J connectivity index is 0.00000129. The maximum absolute atomic E-state index is 14.3. The number of nitrogens with two attached hydrogens (primary N) is 2. The van der Waals surface area contributed by atoms with Crippen LogP contribution in [0.25, 0.3) is 11.3 Å². The fourth-order valence-electron chi connectivity index (χ4n) is 2.90. The smallest absolute Gasteiger partial charge is 0.373 e. The number of amides is 2. The van der Waals surface area contributed by atoms with Crippen LogP contribution in [0.3, 0.4) is 0 Å². The lowest BCUT2D eigenvalue weighted by atomic mass is 10.0. The van der Waals surface area contributed by atoms with Gasteiger partial charge in [-0.05, 0) is 30.3 Å². The van der Waals surface area contributed by atoms with E-state index in [-0.39, 0.29) is 25.1 Å². The van der Waals surface area contributed by atoms with Gasteiger partial charge in [-0.2, -0.15) is 9.59 Å². The van der Waals surface area contributed by atoms with Gasteiger partial charge in [0.15, 0.2) is 0 Å². The minimum atomic E-state index is -1.13. The number of pyridine rings is 1. The molecule has 0 aliphatic rings. The Bertz CT molecular complexity index is 1220. The van der Waals surface area contributed by atoms with E-state index in [9.17, 15) is 18.4 Å². The summed E-state index contributed by atoms with van der Waals surface area (Å²) in [6, 6.07) is 11.5. The number of esters is 1. The van der Waals surface area contributed by atoms with Gasteiger partial charge in [-0.15, -0.1) is 0 Å². The number of ether oxygens (including phenoxy) is 1. The molecule has 0 fully saturated rings. The highest BCUT2D eigenvalue weighted by Gasteiger charge is 2.24. The topological polar surface area (TPSA) is 146 Å². The van der Waals surface area contributed by atoms with Crippen molar-refractivity contribution in [3.8, 4) is 11.3 Å². The monoisotopic (exact) mass is 490 g/mol. The minimum absolute atomic E-state index is 0.112. The van der Waals surface area contributed by atoms with Crippen LogP contribution in [0, 0.1) is 11.6 Å². The lowest BCUT2D eigenvalue weighted by Crippen LogP contribution is -2.33. The van der Waals surface area contributed by atoms with Gasteiger partial charge in [-0.3, -0.25) is 4.79 Å². The van der Waals surface area contributed by atoms with Crippen molar-refractivity contribution in [2.75, 3.05) is 11.4 Å². The molecule has 3 aromatic rings. The van der Waals surface area contributed by atoms with Crippen LogP contribution < -0.4 is 16.4 Å². The van der Waals surface area contributed by atoms with Crippen molar-refractivity contribution in [3.63, 3.8) is 0 Å². The first kappa shape index (κ1) is 26.1. The first-order valence-corrected chi connectivity index (χ1v) is 9.76. The Morgan fingerprint density at radius 3 is 2.21 bits per heavy atom. The average Bonchev–Trinajstić information content (AvgIpc) is 2.80. The highest BCUT2D eigenvalue weighted by Crippen LogP contribution is 2.33. The summed E-state index contributed by atoms with van der Waals surface area (Å²) >= 11 is 6.26. The molecule has 0 saturated carbocycles. The van der Waals surface area contributed by atoms with Gasteiger partial charge >= 0.3 is 18.2 Å². The molecule has 1 aromatic heterocycles. The van der Waals surface area contributed by atoms with Gasteiger partial charge in [-0.25, -0.2) is 23.5 Å². The number of benzene rings is 2. The van der Waals surface area contributed by atoms with Crippen LogP contribution in [-0.2, 0) is 25.7 Å². The van der Waals surface area contributed by atoms with Crippen LogP contribution in [0.2, 0.25) is 5.02 Å². The number of nitrogens with zero attached hydrogens (tertiary/aromatic N) is 2. The van der Waals surface area contributed by atoms with Gasteiger partial charge in [-0.1, -0.05) is 35.9 Å². The summed E-state index contributed by atoms with van der Waals surface area (Å²) in [5.41, 5.74) is 11.2. The van der Waals surface area contributed by atoms with Crippen LogP contribution in [-0.4, -0.2) is 29.7 Å². The minimum Gasteiger partial charge on any atom is -0.460 e. The molecule has 4 N–H and O–H groups in total. The summed E-state index contributed by atoms with van der Waals surface area (Å²) in [6.07, 6.45) is 0.250. The molecule has 0 saturated heterocycles. The summed E-state index contributed by atoms with van der Waals surface area (Å²) in [4.78, 5) is 44.7. The molecule has 176 valence electrons. The van der Waals surface area contributed by atoms with Crippen molar-refractivity contribution >= 4 is 41.3 Å². The first-order valence-electron chi connectivity index (χ1n) is 9.38. The molecule has 2 aromatic carbocycles. The van der Waals surface area contributed by atoms with Crippen molar-refractivity contribution in [2.45, 2.75) is 6.61 Å². The van der Waals surface area contributed by atoms with Gasteiger partial charge in [0.25, 0.3) is 0 Å². The fourth-order valence-corrected chi connectivity index (χ4v) is 3.12. The average molecular weight is 491 g/mol. The van der Waals surface area contributed by atoms with Crippen molar-refractivity contribution in [2.24, 2.45) is 11.5 Å². The number of halogens is 3. The molecule has 9 nitrogen and oxygen atoms in total. The fraction of sp³-hybridized carbons (Fsp3) is 0.0909. The molecule has 0 aliphatic heterocycles. The number of para-hydroxylation sites is 1. The maximum atomic E-state index is 14.3. The lowest BCUT2D eigenvalue weighted by Gasteiger charge is -2.21. The Morgan fingerprint density at radius 2 is 1.62 bits per heavy atom. The first-order chi connectivity index (χ1) is 16.2. The molecule has 3 rings (SSSR count). The number of aromatic nitrogens is 1. The van der Waals surface area contributed by atoms with E-state index < -0.39 is 29.3 Å². The van der Waals surface area contributed by atoms with E-state index in [2.05, 4.69) is 4.98 Å². The number of hydrogen-bond donors (Lipinski definition) is 2. The molecule has 0 aliphatic carbocycles. The largest absolute Gasteiger partial charge is 0.460 e. The molecule has 12 heteroatoms. The molecule has 1 heterocycles. The molecule has 34 heavy (non-hydrogen) atoms. The zero-order valence-corrected chi connectivity index (χ0v) is 18.1. The van der Waals surface area contributed by atoms with Crippen LogP contribution in [0.5, 0.6) is 0 Å². The highest BCUT2D eigenvalue weighted by atomic mass is 35.5. The van der Waals surface area contributed by atoms with E-state index in [1.54, 1.807) is 24.3 Å². The van der Waals surface area contributed by atoms with Crippen LogP contribution >= 0.6 is 11.6 Å². The maximum Gasteiger partial charge on any atom is 0.373 e. The second-order valence-electron chi connectivity index (χ2n) is 6.34. The van der Waals surface area contributed by atoms with E-state index in [0.29, 0.717) is 26.7 Å². The number of carbonyl (C=O) groups excluding carboxylic acids is 4. The zero-order chi connectivity index (χ0) is 25.3. The Kier molecular flexibility index (Phi) is 9.33. The molecular formula is C22H17ClF2N4O5. The quantitative estimate of drug-likeness (QED) is 0.504. The number of primary amides is 1. The van der Waals surface area contributed by atoms with Crippen molar-refractivity contribution in [3.05, 3.63) is 76.8 Å². The van der Waals surface area contributed by atoms with Crippen LogP contribution in [0.1, 0.15) is 5.56 Å². The molecule has 0 unspecified atom stereocenters. The number of carbonyl (C=O) groups is 2. The number of anilines is 2. The van der Waals surface area contributed by atoms with E-state index in [1.165, 1.54) is 12.1 Å². The molecule has 0 radical (unpaired) electrons. The summed E-state index contributed by atoms with van der Waals surface area (Å²) in [6.45, 7) is -0.465. The second kappa shape index (κ2) is 12.2. The molecular weight excluding hydrogens is 474 g/mol. The van der Waals surface area contributed by atoms with Crippen LogP contribution in [0.4, 0.5) is 25.1 Å². The van der Waals surface area contributed by atoms with E-state index in [4.69, 9.17) is 37.4 Å². The summed E-state index contributed by atoms with van der Waals surface area (Å²) in [7, 11) is 0. The second-order valence-corrected chi connectivity index (χ2v) is 6.75. The SMILES string of the molecule is NCC(=O)OCc1c(Cl)cccc1-c1cccc(N(C(N)=O)c2c(F)cccc2F)n1.O=C=O. The number of urea groups is 1. The lowest BCUT2D eigenvalue weighted by molar-refractivity contribution is -0.191. The summed E-state index contributed by atoms with van der Waals surface area (Å²) in [5.74, 6) is -2.70. The third-order valence-corrected chi connectivity index (χ3v) is 4.64. The standard InChI is InChI=1S/C21H17ClF2N4O3.CO2/c22-14-5-1-4-12(13(14)11-31-19(29)10-25)17-8-3-9-18(27-17)28(21(26)30)20-15(23)6-2-7-16(20)24;2-1-3/h1-9H,10-11,25H2,(H2,26,30);. The zero-order valence-electron chi connectivity index (χ0n) is 17.3. The predicted octanol–water partition coefficient (Wildman–Crippen LogP) is 3.32. The van der Waals surface area contributed by atoms with Gasteiger partial charge in [0.2, 0.25) is 0 Å². The number of rotatable bonds is 6. The summed E-state index contributed by atoms with van der Waals surface area (Å²) in [5, 5.41) is 0.307. The van der Waals surface area contributed by atoms with Gasteiger partial charge < -0.3 is 16.2 Å². The highest BCUT2D eigenvalue weighted by molar-refractivity contribution is 6.31. The van der Waals surface area contributed by atoms with Gasteiger partial charge in [0, 0.05) is 16.1 Å². The Morgan fingerprint density at radius 1 is 1.03 bits per heavy atom. The van der Waals surface area contributed by atoms with E-state index >= 15 is 0 Å². The molecule has 0 bridgehead atoms. The van der Waals surface area contributed by atoms with Crippen molar-refractivity contribution in [1.29, 1.82) is 0 Å². The molecule has 2 amide bonds. The summed E-state index contributed by atoms with van der Waals surface area (Å²) < 4.78 is 33.7. The normalized spacial score (nSPS) is 9.88. The number of hydrogen-bond acceptors (Lipinski definition) is 7. The van der Waals surface area contributed by atoms with Crippen molar-refractivity contribution < 1.29 is 32.7 Å². The Labute approximate surface area is 196 Å². The predicted molar refractivity (Wildman–Crippen MR) is 117 cm³/mol. The molecule has 0 atom stereocenters. The van der Waals surface area contributed by atoms with E-state index in [0.717, 1.165) is 18.2 Å². The molecule has 0 spiro atoms. The van der Waals surface area contributed by atoms with Crippen molar-refractivity contribution in [1.82, 2.24) is 4.98 Å². The third kappa shape index (κ3) is 6.20. The van der Waals surface area contributed by atoms with Crippen LogP contribution in [0.15, 0.2) is 54.6 Å². The van der Waals surface area contributed by atoms with E-state index in [1.807, 2.05) is 0 Å². The Hall–Kier alpha value is -4.18. The third-order valence-electron chi connectivity index (χ3n) is 4.28. The van der Waals surface area contributed by atoms with Gasteiger partial charge in [0.05, 0.1) is 12.2 Å². The van der Waals surface area contributed by atoms with Gasteiger partial charge in [0.1, 0.15) is 29.7 Å².